The Bertz CT molecular complexity index is 138. The lowest BCUT2D eigenvalue weighted by molar-refractivity contribution is 0.627. The van der Waals surface area contributed by atoms with Crippen molar-refractivity contribution in [3.8, 4) is 0 Å². The van der Waals surface area contributed by atoms with Crippen LogP contribution in [0.1, 0.15) is 27.2 Å². The third-order valence-corrected chi connectivity index (χ3v) is 1.87. The van der Waals surface area contributed by atoms with E-state index < -0.39 is 0 Å². The number of hydrogen-bond acceptors (Lipinski definition) is 2. The molecule has 1 heterocycles. The largest absolute Gasteiger partial charge is 0.369 e. The van der Waals surface area contributed by atoms with Crippen LogP contribution in [0.15, 0.2) is 4.99 Å². The molecule has 0 aromatic rings. The van der Waals surface area contributed by atoms with E-state index in [1.54, 1.807) is 0 Å². The predicted octanol–water partition coefficient (Wildman–Crippen LogP) is 1.42. The number of amidine groups is 1. The van der Waals surface area contributed by atoms with E-state index in [4.69, 9.17) is 0 Å². The van der Waals surface area contributed by atoms with Crippen molar-refractivity contribution >= 4 is 5.84 Å². The summed E-state index contributed by atoms with van der Waals surface area (Å²) in [5, 5.41) is 3.39. The summed E-state index contributed by atoms with van der Waals surface area (Å²) in [5.41, 5.74) is 0. The average Bonchev–Trinajstić information content (AvgIpc) is 2.34. The van der Waals surface area contributed by atoms with Crippen LogP contribution in [0.4, 0.5) is 0 Å². The third kappa shape index (κ3) is 1.49. The minimum atomic E-state index is 0.566. The summed E-state index contributed by atoms with van der Waals surface area (Å²) in [4.78, 5) is 4.39. The molecule has 1 atom stereocenters. The molecule has 2 nitrogen and oxygen atoms in total. The Morgan fingerprint density at radius 2 is 2.40 bits per heavy atom. The van der Waals surface area contributed by atoms with E-state index in [1.807, 2.05) is 0 Å². The Kier molecular flexibility index (Phi) is 2.30. The molecule has 0 aromatic heterocycles. The highest BCUT2D eigenvalue weighted by molar-refractivity contribution is 5.85. The Morgan fingerprint density at radius 1 is 1.70 bits per heavy atom. The van der Waals surface area contributed by atoms with Crippen molar-refractivity contribution in [1.82, 2.24) is 5.32 Å². The van der Waals surface area contributed by atoms with Gasteiger partial charge in [0.05, 0.1) is 12.4 Å². The van der Waals surface area contributed by atoms with Crippen LogP contribution < -0.4 is 5.32 Å². The lowest BCUT2D eigenvalue weighted by atomic mass is 10.2. The molecule has 1 rings (SSSR count). The van der Waals surface area contributed by atoms with Crippen molar-refractivity contribution in [1.29, 1.82) is 0 Å². The van der Waals surface area contributed by atoms with Crippen molar-refractivity contribution in [3.05, 3.63) is 0 Å². The highest BCUT2D eigenvalue weighted by atomic mass is 15.1. The van der Waals surface area contributed by atoms with Crippen LogP contribution in [-0.4, -0.2) is 18.4 Å². The predicted molar refractivity (Wildman–Crippen MR) is 44.4 cm³/mol. The van der Waals surface area contributed by atoms with Crippen LogP contribution in [0.2, 0.25) is 0 Å². The SMILES string of the molecule is CCC1CN=C(C(C)C)N1. The molecule has 0 saturated carbocycles. The van der Waals surface area contributed by atoms with Gasteiger partial charge in [-0.1, -0.05) is 20.8 Å². The molecule has 0 bridgehead atoms. The second-order valence-electron chi connectivity index (χ2n) is 3.13. The maximum atomic E-state index is 4.39. The van der Waals surface area contributed by atoms with Gasteiger partial charge in [0.25, 0.3) is 0 Å². The van der Waals surface area contributed by atoms with Gasteiger partial charge in [0.2, 0.25) is 0 Å². The number of hydrogen-bond donors (Lipinski definition) is 1. The summed E-state index contributed by atoms with van der Waals surface area (Å²) in [6, 6.07) is 0.609. The molecule has 0 fully saturated rings. The van der Waals surface area contributed by atoms with Crippen LogP contribution >= 0.6 is 0 Å². The molecule has 1 N–H and O–H groups in total. The minimum Gasteiger partial charge on any atom is -0.369 e. The fourth-order valence-electron chi connectivity index (χ4n) is 1.09. The van der Waals surface area contributed by atoms with Gasteiger partial charge in [0.1, 0.15) is 0 Å². The van der Waals surface area contributed by atoms with E-state index in [1.165, 1.54) is 12.3 Å². The molecule has 0 amide bonds. The molecule has 0 saturated heterocycles. The first-order chi connectivity index (χ1) is 4.74. The summed E-state index contributed by atoms with van der Waals surface area (Å²) in [5.74, 6) is 1.75. The number of aliphatic imine (C=N–C) groups is 1. The average molecular weight is 140 g/mol. The lowest BCUT2D eigenvalue weighted by Crippen LogP contribution is -2.31. The van der Waals surface area contributed by atoms with Crippen molar-refractivity contribution < 1.29 is 0 Å². The Hall–Kier alpha value is -0.530. The van der Waals surface area contributed by atoms with Gasteiger partial charge < -0.3 is 5.32 Å². The molecule has 2 heteroatoms. The van der Waals surface area contributed by atoms with Crippen molar-refractivity contribution in [2.75, 3.05) is 6.54 Å². The summed E-state index contributed by atoms with van der Waals surface area (Å²) in [7, 11) is 0. The van der Waals surface area contributed by atoms with E-state index in [2.05, 4.69) is 31.1 Å². The Labute approximate surface area is 62.7 Å². The van der Waals surface area contributed by atoms with E-state index in [0.717, 1.165) is 6.54 Å². The number of nitrogens with one attached hydrogen (secondary N) is 1. The maximum Gasteiger partial charge on any atom is 0.0992 e. The first kappa shape index (κ1) is 7.58. The summed E-state index contributed by atoms with van der Waals surface area (Å²) in [6.45, 7) is 7.51. The fourth-order valence-corrected chi connectivity index (χ4v) is 1.09. The number of nitrogens with zero attached hydrogens (tertiary/aromatic N) is 1. The zero-order valence-electron chi connectivity index (χ0n) is 7.02. The Balaban J connectivity index is 2.39. The van der Waals surface area contributed by atoms with E-state index in [-0.39, 0.29) is 0 Å². The zero-order chi connectivity index (χ0) is 7.56. The maximum absolute atomic E-state index is 4.39. The molecule has 10 heavy (non-hydrogen) atoms. The minimum absolute atomic E-state index is 0.566. The first-order valence-electron chi connectivity index (χ1n) is 4.05. The molecule has 0 radical (unpaired) electrons. The second-order valence-corrected chi connectivity index (χ2v) is 3.13. The molecule has 0 aliphatic carbocycles. The summed E-state index contributed by atoms with van der Waals surface area (Å²) < 4.78 is 0. The molecular weight excluding hydrogens is 124 g/mol. The zero-order valence-corrected chi connectivity index (χ0v) is 7.02. The van der Waals surface area contributed by atoms with E-state index in [0.29, 0.717) is 12.0 Å². The Morgan fingerprint density at radius 3 is 2.70 bits per heavy atom. The number of rotatable bonds is 2. The molecule has 1 aliphatic rings. The van der Waals surface area contributed by atoms with Crippen molar-refractivity contribution in [3.63, 3.8) is 0 Å². The van der Waals surface area contributed by atoms with Gasteiger partial charge in [-0.15, -0.1) is 0 Å². The van der Waals surface area contributed by atoms with Crippen molar-refractivity contribution in [2.24, 2.45) is 10.9 Å². The topological polar surface area (TPSA) is 24.4 Å². The van der Waals surface area contributed by atoms with Gasteiger partial charge in [0.15, 0.2) is 0 Å². The van der Waals surface area contributed by atoms with Gasteiger partial charge in [0, 0.05) is 12.0 Å². The van der Waals surface area contributed by atoms with Crippen LogP contribution in [-0.2, 0) is 0 Å². The normalized spacial score (nSPS) is 24.8. The van der Waals surface area contributed by atoms with Gasteiger partial charge in [-0.25, -0.2) is 0 Å². The van der Waals surface area contributed by atoms with Gasteiger partial charge >= 0.3 is 0 Å². The van der Waals surface area contributed by atoms with E-state index in [9.17, 15) is 0 Å². The fraction of sp³-hybridized carbons (Fsp3) is 0.875. The molecule has 0 aromatic carbocycles. The molecule has 1 aliphatic heterocycles. The third-order valence-electron chi connectivity index (χ3n) is 1.87. The monoisotopic (exact) mass is 140 g/mol. The highest BCUT2D eigenvalue weighted by Gasteiger charge is 2.16. The second kappa shape index (κ2) is 3.04. The van der Waals surface area contributed by atoms with E-state index >= 15 is 0 Å². The van der Waals surface area contributed by atoms with Gasteiger partial charge in [-0.3, -0.25) is 4.99 Å². The molecular formula is C8H16N2. The van der Waals surface area contributed by atoms with Gasteiger partial charge in [-0.2, -0.15) is 0 Å². The van der Waals surface area contributed by atoms with Gasteiger partial charge in [-0.05, 0) is 6.42 Å². The van der Waals surface area contributed by atoms with Crippen LogP contribution in [0.25, 0.3) is 0 Å². The molecule has 0 spiro atoms. The summed E-state index contributed by atoms with van der Waals surface area (Å²) >= 11 is 0. The highest BCUT2D eigenvalue weighted by Crippen LogP contribution is 2.05. The first-order valence-corrected chi connectivity index (χ1v) is 4.05. The van der Waals surface area contributed by atoms with Crippen molar-refractivity contribution in [2.45, 2.75) is 33.2 Å². The standard InChI is InChI=1S/C8H16N2/c1-4-7-5-9-8(10-7)6(2)3/h6-7H,4-5H2,1-3H3,(H,9,10). The van der Waals surface area contributed by atoms with Crippen LogP contribution in [0.5, 0.6) is 0 Å². The smallest absolute Gasteiger partial charge is 0.0992 e. The molecule has 58 valence electrons. The lowest BCUT2D eigenvalue weighted by Gasteiger charge is -2.10. The van der Waals surface area contributed by atoms with Crippen LogP contribution in [0, 0.1) is 5.92 Å². The quantitative estimate of drug-likeness (QED) is 0.616. The molecule has 1 unspecified atom stereocenters. The summed E-state index contributed by atoms with van der Waals surface area (Å²) in [6.07, 6.45) is 1.18. The van der Waals surface area contributed by atoms with Crippen LogP contribution in [0.3, 0.4) is 0 Å².